The number of nitro groups is 2. The third kappa shape index (κ3) is 7.19. The highest BCUT2D eigenvalue weighted by Gasteiger charge is 2.60. The predicted molar refractivity (Wildman–Crippen MR) is 216 cm³/mol. The van der Waals surface area contributed by atoms with Crippen molar-refractivity contribution in [1.29, 1.82) is 0 Å². The van der Waals surface area contributed by atoms with Crippen LogP contribution in [0.3, 0.4) is 0 Å². The van der Waals surface area contributed by atoms with Crippen molar-refractivity contribution in [2.24, 2.45) is 15.9 Å². The number of nitrogens with zero attached hydrogens (tertiary/aromatic N) is 7. The molecule has 1 saturated carbocycles. The molecular weight excluding hydrogens is 753 g/mol. The number of rotatable bonds is 11. The van der Waals surface area contributed by atoms with E-state index >= 15 is 0 Å². The lowest BCUT2D eigenvalue weighted by Crippen LogP contribution is -2.46. The Morgan fingerprint density at radius 2 is 1.62 bits per heavy atom. The summed E-state index contributed by atoms with van der Waals surface area (Å²) in [6.07, 6.45) is 2.72. The summed E-state index contributed by atoms with van der Waals surface area (Å²) in [7, 11) is -4.15. The van der Waals surface area contributed by atoms with E-state index in [0.717, 1.165) is 29.1 Å². The number of benzene rings is 4. The number of hydrogen-bond donors (Lipinski definition) is 1. The summed E-state index contributed by atoms with van der Waals surface area (Å²) in [6, 6.07) is 25.6. The quantitative estimate of drug-likeness (QED) is 0.0771. The number of nitro benzene ring substituents is 2. The zero-order valence-electron chi connectivity index (χ0n) is 31.8. The maximum absolute atomic E-state index is 14.1. The van der Waals surface area contributed by atoms with Crippen LogP contribution >= 0.6 is 11.8 Å². The van der Waals surface area contributed by atoms with Crippen LogP contribution in [0.1, 0.15) is 65.5 Å². The molecule has 1 N–H and O–H groups in total. The fourth-order valence-electron chi connectivity index (χ4n) is 7.57. The number of sulfonamides is 1. The third-order valence-electron chi connectivity index (χ3n) is 11.2. The molecule has 1 aromatic heterocycles. The molecule has 16 heteroatoms. The number of para-hydroxylation sites is 1. The van der Waals surface area contributed by atoms with E-state index in [1.807, 2.05) is 47.0 Å². The lowest BCUT2D eigenvalue weighted by atomic mass is 9.69. The van der Waals surface area contributed by atoms with Crippen LogP contribution in [0, 0.1) is 31.1 Å². The SMILES string of the molecule is CC(C)(C)c1ccc(-c2nnc(Sc3ccc(/C=N\Nc4ccc([N+](=O)[O-])cc4S(=O)(=O)N4C[C@@]5(C)C[C@H]4CC5(C)C)cc3[N+](=O)[O-])n2-c2ccccc2)cc1. The van der Waals surface area contributed by atoms with Crippen molar-refractivity contribution in [1.82, 2.24) is 19.1 Å². The molecule has 1 aliphatic carbocycles. The zero-order chi connectivity index (χ0) is 40.2. The van der Waals surface area contributed by atoms with Crippen LogP contribution in [-0.4, -0.2) is 56.1 Å². The van der Waals surface area contributed by atoms with Crippen LogP contribution < -0.4 is 5.43 Å². The molecule has 4 aromatic carbocycles. The Hall–Kier alpha value is -5.45. The van der Waals surface area contributed by atoms with Crippen molar-refractivity contribution in [3.63, 3.8) is 0 Å². The predicted octanol–water partition coefficient (Wildman–Crippen LogP) is 8.84. The fraction of sp³-hybridized carbons (Fsp3) is 0.325. The number of non-ortho nitro benzene ring substituents is 1. The average Bonchev–Trinajstić information content (AvgIpc) is 3.80. The van der Waals surface area contributed by atoms with Gasteiger partial charge in [0, 0.05) is 47.6 Å². The van der Waals surface area contributed by atoms with Gasteiger partial charge in [-0.05, 0) is 70.7 Å². The average molecular weight is 795 g/mol. The minimum absolute atomic E-state index is 0.0313. The van der Waals surface area contributed by atoms with E-state index in [2.05, 4.69) is 74.4 Å². The molecule has 0 radical (unpaired) electrons. The molecule has 2 fully saturated rings. The summed E-state index contributed by atoms with van der Waals surface area (Å²) >= 11 is 1.10. The van der Waals surface area contributed by atoms with Crippen LogP contribution in [-0.2, 0) is 15.4 Å². The number of hydrogen-bond acceptors (Lipinski definition) is 11. The first-order chi connectivity index (χ1) is 26.4. The second-order valence-corrected chi connectivity index (χ2v) is 19.1. The third-order valence-corrected chi connectivity index (χ3v) is 14.1. The van der Waals surface area contributed by atoms with Gasteiger partial charge < -0.3 is 0 Å². The van der Waals surface area contributed by atoms with Crippen LogP contribution in [0.2, 0.25) is 0 Å². The van der Waals surface area contributed by atoms with E-state index in [4.69, 9.17) is 0 Å². The maximum Gasteiger partial charge on any atom is 0.283 e. The standard InChI is InChI=1S/C40H42N8O6S2/c1-38(2,3)28-15-13-27(14-16-28)36-43-44-37(46(36)29-10-8-7-9-11-29)55-34-19-12-26(20-33(34)48(51)52)24-41-42-32-18-17-30(47(49)50)21-35(32)56(53,54)45-25-40(6)23-31(45)22-39(40,4)5/h7-21,24,31,42H,22-23,25H2,1-6H3/b41-24-/t31-,40-/m1/s1. The Kier molecular flexibility index (Phi) is 9.87. The Labute approximate surface area is 329 Å². The van der Waals surface area contributed by atoms with E-state index in [-0.39, 0.29) is 44.2 Å². The van der Waals surface area contributed by atoms with Crippen LogP contribution in [0.25, 0.3) is 17.1 Å². The summed E-state index contributed by atoms with van der Waals surface area (Å²) in [6.45, 7) is 13.1. The molecule has 14 nitrogen and oxygen atoms in total. The molecule has 7 rings (SSSR count). The van der Waals surface area contributed by atoms with Crippen molar-refractivity contribution in [2.45, 2.75) is 80.8 Å². The number of nitrogens with one attached hydrogen (secondary N) is 1. The highest BCUT2D eigenvalue weighted by atomic mass is 32.2. The van der Waals surface area contributed by atoms with Crippen molar-refractivity contribution >= 4 is 45.1 Å². The van der Waals surface area contributed by atoms with Gasteiger partial charge >= 0.3 is 0 Å². The molecule has 56 heavy (non-hydrogen) atoms. The Bertz CT molecular complexity index is 2480. The van der Waals surface area contributed by atoms with E-state index in [0.29, 0.717) is 40.8 Å². The molecule has 0 unspecified atom stereocenters. The van der Waals surface area contributed by atoms with Gasteiger partial charge in [0.25, 0.3) is 11.4 Å². The second kappa shape index (κ2) is 14.2. The van der Waals surface area contributed by atoms with Gasteiger partial charge in [-0.25, -0.2) is 8.42 Å². The van der Waals surface area contributed by atoms with E-state index in [1.165, 1.54) is 34.3 Å². The highest BCUT2D eigenvalue weighted by Crippen LogP contribution is 2.60. The molecule has 2 aliphatic rings. The largest absolute Gasteiger partial charge is 0.283 e. The van der Waals surface area contributed by atoms with E-state index in [1.54, 1.807) is 12.1 Å². The first-order valence-corrected chi connectivity index (χ1v) is 20.3. The van der Waals surface area contributed by atoms with Gasteiger partial charge in [0.2, 0.25) is 15.2 Å². The Morgan fingerprint density at radius 1 is 0.911 bits per heavy atom. The summed E-state index contributed by atoms with van der Waals surface area (Å²) in [5.41, 5.74) is 5.06. The van der Waals surface area contributed by atoms with Crippen molar-refractivity contribution < 1.29 is 18.3 Å². The van der Waals surface area contributed by atoms with Crippen molar-refractivity contribution in [3.05, 3.63) is 122 Å². The Balaban J connectivity index is 1.16. The number of hydrazone groups is 1. The summed E-state index contributed by atoms with van der Waals surface area (Å²) < 4.78 is 31.5. The van der Waals surface area contributed by atoms with Gasteiger partial charge in [0.05, 0.1) is 26.6 Å². The van der Waals surface area contributed by atoms with Crippen molar-refractivity contribution in [2.75, 3.05) is 12.0 Å². The molecule has 2 heterocycles. The first kappa shape index (κ1) is 38.8. The van der Waals surface area contributed by atoms with Crippen LogP contribution in [0.15, 0.2) is 111 Å². The fourth-order valence-corrected chi connectivity index (χ4v) is 10.4. The highest BCUT2D eigenvalue weighted by molar-refractivity contribution is 7.99. The van der Waals surface area contributed by atoms with E-state index < -0.39 is 19.9 Å². The topological polar surface area (TPSA) is 179 Å². The van der Waals surface area contributed by atoms with E-state index in [9.17, 15) is 28.6 Å². The van der Waals surface area contributed by atoms with Crippen LogP contribution in [0.5, 0.6) is 0 Å². The molecule has 0 spiro atoms. The van der Waals surface area contributed by atoms with Gasteiger partial charge in [-0.15, -0.1) is 10.2 Å². The van der Waals surface area contributed by atoms with Crippen molar-refractivity contribution in [3.8, 4) is 17.1 Å². The smallest absolute Gasteiger partial charge is 0.277 e. The van der Waals surface area contributed by atoms with Gasteiger partial charge in [0.1, 0.15) is 4.90 Å². The maximum atomic E-state index is 14.1. The normalized spacial score (nSPS) is 19.4. The minimum atomic E-state index is -4.15. The van der Waals surface area contributed by atoms with Gasteiger partial charge in [-0.2, -0.15) is 9.41 Å². The lowest BCUT2D eigenvalue weighted by molar-refractivity contribution is -0.387. The molecule has 1 saturated heterocycles. The second-order valence-electron chi connectivity index (χ2n) is 16.3. The van der Waals surface area contributed by atoms with Gasteiger partial charge in [-0.3, -0.25) is 30.2 Å². The molecule has 290 valence electrons. The van der Waals surface area contributed by atoms with Gasteiger partial charge in [0.15, 0.2) is 5.82 Å². The molecular formula is C40H42N8O6S2. The zero-order valence-corrected chi connectivity index (χ0v) is 33.5. The number of fused-ring (bicyclic) bond motifs is 2. The minimum Gasteiger partial charge on any atom is -0.277 e. The number of anilines is 1. The Morgan fingerprint density at radius 3 is 2.23 bits per heavy atom. The van der Waals surface area contributed by atoms with Crippen LogP contribution in [0.4, 0.5) is 17.1 Å². The molecule has 1 aliphatic heterocycles. The molecule has 2 bridgehead atoms. The monoisotopic (exact) mass is 794 g/mol. The molecule has 0 amide bonds. The first-order valence-electron chi connectivity index (χ1n) is 18.1. The number of aromatic nitrogens is 3. The summed E-state index contributed by atoms with van der Waals surface area (Å²) in [5, 5.41) is 37.7. The number of piperidine rings is 1. The molecule has 2 atom stereocenters. The summed E-state index contributed by atoms with van der Waals surface area (Å²) in [4.78, 5) is 23.0. The lowest BCUT2D eigenvalue weighted by Gasteiger charge is -2.42. The summed E-state index contributed by atoms with van der Waals surface area (Å²) in [5.74, 6) is 0.583. The van der Waals surface area contributed by atoms with Gasteiger partial charge in [-0.1, -0.05) is 90.1 Å². The molecule has 5 aromatic rings.